The van der Waals surface area contributed by atoms with E-state index in [9.17, 15) is 14.4 Å². The summed E-state index contributed by atoms with van der Waals surface area (Å²) in [6.07, 6.45) is 2.56. The summed E-state index contributed by atoms with van der Waals surface area (Å²) in [6.45, 7) is 7.01. The van der Waals surface area contributed by atoms with Crippen LogP contribution < -0.4 is 10.6 Å². The van der Waals surface area contributed by atoms with Gasteiger partial charge in [0.25, 0.3) is 5.91 Å². The summed E-state index contributed by atoms with van der Waals surface area (Å²) < 4.78 is 0. The van der Waals surface area contributed by atoms with Crippen molar-refractivity contribution in [3.63, 3.8) is 0 Å². The van der Waals surface area contributed by atoms with Gasteiger partial charge in [0, 0.05) is 42.2 Å². The van der Waals surface area contributed by atoms with E-state index in [2.05, 4.69) is 10.6 Å². The molecule has 0 aromatic heterocycles. The predicted molar refractivity (Wildman–Crippen MR) is 126 cm³/mol. The molecular weight excluding hydrogens is 402 g/mol. The molecule has 2 aromatic carbocycles. The minimum atomic E-state index is -0.304. The van der Waals surface area contributed by atoms with Crippen LogP contribution in [0.25, 0.3) is 0 Å². The van der Waals surface area contributed by atoms with Crippen LogP contribution in [0, 0.1) is 5.92 Å². The van der Waals surface area contributed by atoms with Crippen LogP contribution in [-0.4, -0.2) is 41.2 Å². The van der Waals surface area contributed by atoms with E-state index in [0.717, 1.165) is 12.0 Å². The average Bonchev–Trinajstić information content (AvgIpc) is 2.77. The zero-order chi connectivity index (χ0) is 23.1. The van der Waals surface area contributed by atoms with Gasteiger partial charge in [0.15, 0.2) is 0 Å². The Hall–Kier alpha value is -3.15. The minimum absolute atomic E-state index is 0.0340. The summed E-state index contributed by atoms with van der Waals surface area (Å²) in [5, 5.41) is 5.86. The van der Waals surface area contributed by atoms with E-state index in [1.807, 2.05) is 56.0 Å². The summed E-state index contributed by atoms with van der Waals surface area (Å²) in [7, 11) is 0. The van der Waals surface area contributed by atoms with E-state index in [4.69, 9.17) is 0 Å². The minimum Gasteiger partial charge on any atom is -0.347 e. The Morgan fingerprint density at radius 2 is 1.56 bits per heavy atom. The SMILES string of the molecule is CC(C)(C)NC(=O)c1ccc(NC(=O)C2CCN(C(=O)CCc3ccccc3)CC2)cc1. The fourth-order valence-corrected chi connectivity index (χ4v) is 3.81. The van der Waals surface area contributed by atoms with Gasteiger partial charge in [-0.1, -0.05) is 30.3 Å². The number of hydrogen-bond donors (Lipinski definition) is 2. The molecule has 0 spiro atoms. The number of rotatable bonds is 6. The molecule has 3 amide bonds. The second kappa shape index (κ2) is 10.4. The van der Waals surface area contributed by atoms with E-state index in [-0.39, 0.29) is 29.2 Å². The molecule has 0 radical (unpaired) electrons. The molecule has 0 saturated carbocycles. The molecule has 6 nitrogen and oxygen atoms in total. The van der Waals surface area contributed by atoms with Crippen molar-refractivity contribution < 1.29 is 14.4 Å². The van der Waals surface area contributed by atoms with Gasteiger partial charge in [0.1, 0.15) is 0 Å². The van der Waals surface area contributed by atoms with Crippen LogP contribution in [0.4, 0.5) is 5.69 Å². The zero-order valence-corrected chi connectivity index (χ0v) is 19.2. The summed E-state index contributed by atoms with van der Waals surface area (Å²) in [5.74, 6) is -0.137. The highest BCUT2D eigenvalue weighted by Crippen LogP contribution is 2.21. The van der Waals surface area contributed by atoms with Crippen LogP contribution in [0.15, 0.2) is 54.6 Å². The number of carbonyl (C=O) groups is 3. The average molecular weight is 436 g/mol. The van der Waals surface area contributed by atoms with E-state index in [0.29, 0.717) is 43.6 Å². The largest absolute Gasteiger partial charge is 0.347 e. The smallest absolute Gasteiger partial charge is 0.251 e. The molecule has 1 fully saturated rings. The van der Waals surface area contributed by atoms with Gasteiger partial charge in [-0.3, -0.25) is 14.4 Å². The van der Waals surface area contributed by atoms with Gasteiger partial charge in [-0.25, -0.2) is 0 Å². The van der Waals surface area contributed by atoms with Crippen LogP contribution in [0.2, 0.25) is 0 Å². The maximum absolute atomic E-state index is 12.7. The molecular formula is C26H33N3O3. The van der Waals surface area contributed by atoms with Gasteiger partial charge < -0.3 is 15.5 Å². The molecule has 1 aliphatic heterocycles. The van der Waals surface area contributed by atoms with Crippen molar-refractivity contribution >= 4 is 23.4 Å². The van der Waals surface area contributed by atoms with Crippen molar-refractivity contribution in [2.45, 2.75) is 52.0 Å². The van der Waals surface area contributed by atoms with E-state index in [1.165, 1.54) is 0 Å². The van der Waals surface area contributed by atoms with Gasteiger partial charge in [0.2, 0.25) is 11.8 Å². The molecule has 32 heavy (non-hydrogen) atoms. The molecule has 0 aliphatic carbocycles. The van der Waals surface area contributed by atoms with E-state index < -0.39 is 0 Å². The van der Waals surface area contributed by atoms with Gasteiger partial charge in [-0.2, -0.15) is 0 Å². The van der Waals surface area contributed by atoms with Crippen LogP contribution in [-0.2, 0) is 16.0 Å². The second-order valence-electron chi connectivity index (χ2n) is 9.41. The first-order chi connectivity index (χ1) is 15.2. The number of nitrogens with zero attached hydrogens (tertiary/aromatic N) is 1. The van der Waals surface area contributed by atoms with Crippen molar-refractivity contribution in [1.29, 1.82) is 0 Å². The first-order valence-corrected chi connectivity index (χ1v) is 11.3. The number of anilines is 1. The third-order valence-electron chi connectivity index (χ3n) is 5.59. The van der Waals surface area contributed by atoms with Crippen LogP contribution in [0.3, 0.4) is 0 Å². The van der Waals surface area contributed by atoms with Crippen LogP contribution >= 0.6 is 0 Å². The first-order valence-electron chi connectivity index (χ1n) is 11.3. The number of carbonyl (C=O) groups excluding carboxylic acids is 3. The Kier molecular flexibility index (Phi) is 7.67. The summed E-state index contributed by atoms with van der Waals surface area (Å²) in [5.41, 5.74) is 2.09. The van der Waals surface area contributed by atoms with Crippen molar-refractivity contribution in [3.05, 3.63) is 65.7 Å². The maximum Gasteiger partial charge on any atom is 0.251 e. The molecule has 170 valence electrons. The quantitative estimate of drug-likeness (QED) is 0.719. The lowest BCUT2D eigenvalue weighted by atomic mass is 9.95. The van der Waals surface area contributed by atoms with Crippen LogP contribution in [0.1, 0.15) is 56.0 Å². The Bertz CT molecular complexity index is 925. The van der Waals surface area contributed by atoms with E-state index >= 15 is 0 Å². The van der Waals surface area contributed by atoms with Crippen molar-refractivity contribution in [1.82, 2.24) is 10.2 Å². The number of hydrogen-bond acceptors (Lipinski definition) is 3. The van der Waals surface area contributed by atoms with Crippen molar-refractivity contribution in [3.8, 4) is 0 Å². The highest BCUT2D eigenvalue weighted by Gasteiger charge is 2.27. The molecule has 1 aliphatic rings. The third kappa shape index (κ3) is 6.94. The number of piperidine rings is 1. The number of likely N-dealkylation sites (tertiary alicyclic amines) is 1. The molecule has 2 aromatic rings. The molecule has 0 unspecified atom stereocenters. The number of nitrogens with one attached hydrogen (secondary N) is 2. The van der Waals surface area contributed by atoms with Crippen molar-refractivity contribution in [2.24, 2.45) is 5.92 Å². The first kappa shape index (κ1) is 23.5. The van der Waals surface area contributed by atoms with Gasteiger partial charge >= 0.3 is 0 Å². The Labute approximate surface area is 190 Å². The molecule has 3 rings (SSSR count). The highest BCUT2D eigenvalue weighted by atomic mass is 16.2. The Morgan fingerprint density at radius 3 is 2.16 bits per heavy atom. The van der Waals surface area contributed by atoms with Gasteiger partial charge in [-0.05, 0) is 69.9 Å². The molecule has 6 heteroatoms. The summed E-state index contributed by atoms with van der Waals surface area (Å²) in [6, 6.07) is 16.9. The lowest BCUT2D eigenvalue weighted by Gasteiger charge is -2.31. The zero-order valence-electron chi connectivity index (χ0n) is 19.2. The molecule has 1 heterocycles. The van der Waals surface area contributed by atoms with Crippen molar-refractivity contribution in [2.75, 3.05) is 18.4 Å². The lowest BCUT2D eigenvalue weighted by Crippen LogP contribution is -2.41. The molecule has 0 atom stereocenters. The lowest BCUT2D eigenvalue weighted by molar-refractivity contribution is -0.134. The number of aryl methyl sites for hydroxylation is 1. The normalized spacial score (nSPS) is 14.7. The molecule has 1 saturated heterocycles. The summed E-state index contributed by atoms with van der Waals surface area (Å²) >= 11 is 0. The summed E-state index contributed by atoms with van der Waals surface area (Å²) in [4.78, 5) is 39.3. The molecule has 2 N–H and O–H groups in total. The Morgan fingerprint density at radius 1 is 0.938 bits per heavy atom. The number of benzene rings is 2. The maximum atomic E-state index is 12.7. The topological polar surface area (TPSA) is 78.5 Å². The highest BCUT2D eigenvalue weighted by molar-refractivity contribution is 5.96. The van der Waals surface area contributed by atoms with Gasteiger partial charge in [-0.15, -0.1) is 0 Å². The monoisotopic (exact) mass is 435 g/mol. The number of amides is 3. The second-order valence-corrected chi connectivity index (χ2v) is 9.41. The fraction of sp³-hybridized carbons (Fsp3) is 0.423. The van der Waals surface area contributed by atoms with E-state index in [1.54, 1.807) is 24.3 Å². The Balaban J connectivity index is 1.44. The van der Waals surface area contributed by atoms with Crippen LogP contribution in [0.5, 0.6) is 0 Å². The third-order valence-corrected chi connectivity index (χ3v) is 5.59. The molecule has 0 bridgehead atoms. The predicted octanol–water partition coefficient (Wildman–Crippen LogP) is 4.02. The standard InChI is InChI=1S/C26H33N3O3/c1-26(2,3)28-25(32)20-10-12-22(13-11-20)27-24(31)21-15-17-29(18-16-21)23(30)14-9-19-7-5-4-6-8-19/h4-8,10-13,21H,9,14-18H2,1-3H3,(H,27,31)(H,28,32). The van der Waals surface area contributed by atoms with Gasteiger partial charge in [0.05, 0.1) is 0 Å². The fourth-order valence-electron chi connectivity index (χ4n) is 3.81.